The van der Waals surface area contributed by atoms with Gasteiger partial charge in [-0.15, -0.1) is 10.2 Å². The van der Waals surface area contributed by atoms with E-state index in [4.69, 9.17) is 9.47 Å². The van der Waals surface area contributed by atoms with Crippen molar-refractivity contribution < 1.29 is 9.47 Å². The fourth-order valence-corrected chi connectivity index (χ4v) is 3.91. The van der Waals surface area contributed by atoms with Gasteiger partial charge in [0.15, 0.2) is 11.0 Å². The zero-order chi connectivity index (χ0) is 19.3. The highest BCUT2D eigenvalue weighted by Crippen LogP contribution is 2.26. The van der Waals surface area contributed by atoms with Gasteiger partial charge in [-0.25, -0.2) is 0 Å². The van der Waals surface area contributed by atoms with Crippen LogP contribution < -0.4 is 9.47 Å². The van der Waals surface area contributed by atoms with Crippen LogP contribution in [-0.4, -0.2) is 21.9 Å². The molecule has 0 bridgehead atoms. The first-order chi connectivity index (χ1) is 13.7. The fraction of sp³-hybridized carbons (Fsp3) is 0.182. The molecule has 0 spiro atoms. The van der Waals surface area contributed by atoms with Crippen LogP contribution in [0.25, 0.3) is 10.8 Å². The van der Waals surface area contributed by atoms with Gasteiger partial charge in [-0.2, -0.15) is 0 Å². The second kappa shape index (κ2) is 8.35. The van der Waals surface area contributed by atoms with Crippen LogP contribution in [0.1, 0.15) is 11.4 Å². The smallest absolute Gasteiger partial charge is 0.191 e. The Hall–Kier alpha value is -2.99. The highest BCUT2D eigenvalue weighted by molar-refractivity contribution is 7.98. The normalized spacial score (nSPS) is 10.9. The predicted octanol–water partition coefficient (Wildman–Crippen LogP) is 4.85. The number of aromatic nitrogens is 3. The average Bonchev–Trinajstić information content (AvgIpc) is 3.10. The summed E-state index contributed by atoms with van der Waals surface area (Å²) in [5.74, 6) is 3.20. The lowest BCUT2D eigenvalue weighted by Crippen LogP contribution is -2.04. The number of nitrogens with zero attached hydrogens (tertiary/aromatic N) is 3. The molecule has 0 amide bonds. The molecule has 0 unspecified atom stereocenters. The standard InChI is InChI=1S/C22H21N3O2S/c1-25-21(14-27-19-12-10-18(26-2)11-13-19)23-24-22(25)28-15-17-8-5-7-16-6-3-4-9-20(16)17/h3-13H,14-15H2,1-2H3. The molecule has 0 aliphatic heterocycles. The Bertz CT molecular complexity index is 1070. The Morgan fingerprint density at radius 2 is 1.64 bits per heavy atom. The first-order valence-corrected chi connectivity index (χ1v) is 9.98. The van der Waals surface area contributed by atoms with Crippen LogP contribution in [0.2, 0.25) is 0 Å². The Morgan fingerprint density at radius 1 is 0.893 bits per heavy atom. The number of thioether (sulfide) groups is 1. The van der Waals surface area contributed by atoms with Crippen molar-refractivity contribution in [2.75, 3.05) is 7.11 Å². The van der Waals surface area contributed by atoms with Crippen molar-refractivity contribution in [1.29, 1.82) is 0 Å². The number of rotatable bonds is 7. The van der Waals surface area contributed by atoms with E-state index in [9.17, 15) is 0 Å². The molecule has 1 aromatic heterocycles. The third-order valence-electron chi connectivity index (χ3n) is 4.59. The van der Waals surface area contributed by atoms with Crippen LogP contribution >= 0.6 is 11.8 Å². The first-order valence-electron chi connectivity index (χ1n) is 8.99. The lowest BCUT2D eigenvalue weighted by atomic mass is 10.1. The molecule has 4 rings (SSSR count). The van der Waals surface area contributed by atoms with Gasteiger partial charge in [-0.05, 0) is 40.6 Å². The van der Waals surface area contributed by atoms with E-state index in [1.54, 1.807) is 18.9 Å². The third kappa shape index (κ3) is 3.97. The average molecular weight is 391 g/mol. The molecule has 1 heterocycles. The van der Waals surface area contributed by atoms with Crippen LogP contribution in [-0.2, 0) is 19.4 Å². The maximum atomic E-state index is 5.82. The van der Waals surface area contributed by atoms with E-state index in [0.717, 1.165) is 28.2 Å². The summed E-state index contributed by atoms with van der Waals surface area (Å²) in [5, 5.41) is 12.0. The number of ether oxygens (including phenoxy) is 2. The molecule has 0 radical (unpaired) electrons. The highest BCUT2D eigenvalue weighted by Gasteiger charge is 2.11. The molecule has 28 heavy (non-hydrogen) atoms. The highest BCUT2D eigenvalue weighted by atomic mass is 32.2. The zero-order valence-electron chi connectivity index (χ0n) is 15.8. The zero-order valence-corrected chi connectivity index (χ0v) is 16.6. The van der Waals surface area contributed by atoms with E-state index in [2.05, 4.69) is 52.7 Å². The van der Waals surface area contributed by atoms with Gasteiger partial charge in [0.2, 0.25) is 0 Å². The van der Waals surface area contributed by atoms with Crippen LogP contribution in [0.5, 0.6) is 11.5 Å². The summed E-state index contributed by atoms with van der Waals surface area (Å²) in [4.78, 5) is 0. The minimum Gasteiger partial charge on any atom is -0.497 e. The van der Waals surface area contributed by atoms with Crippen LogP contribution in [0.4, 0.5) is 0 Å². The molecule has 4 aromatic rings. The fourth-order valence-electron chi connectivity index (χ4n) is 2.98. The van der Waals surface area contributed by atoms with Crippen molar-refractivity contribution in [1.82, 2.24) is 14.8 Å². The van der Waals surface area contributed by atoms with E-state index in [-0.39, 0.29) is 0 Å². The van der Waals surface area contributed by atoms with Crippen molar-refractivity contribution in [3.05, 3.63) is 78.1 Å². The minimum atomic E-state index is 0.366. The molecular weight excluding hydrogens is 370 g/mol. The second-order valence-electron chi connectivity index (χ2n) is 6.35. The Morgan fingerprint density at radius 3 is 2.46 bits per heavy atom. The summed E-state index contributed by atoms with van der Waals surface area (Å²) < 4.78 is 13.0. The third-order valence-corrected chi connectivity index (χ3v) is 5.66. The van der Waals surface area contributed by atoms with Crippen LogP contribution in [0.3, 0.4) is 0 Å². The van der Waals surface area contributed by atoms with Gasteiger partial charge in [0.05, 0.1) is 7.11 Å². The molecule has 0 N–H and O–H groups in total. The van der Waals surface area contributed by atoms with Gasteiger partial charge in [-0.3, -0.25) is 0 Å². The Kier molecular flexibility index (Phi) is 5.48. The van der Waals surface area contributed by atoms with Gasteiger partial charge >= 0.3 is 0 Å². The monoisotopic (exact) mass is 391 g/mol. The van der Waals surface area contributed by atoms with E-state index in [0.29, 0.717) is 6.61 Å². The van der Waals surface area contributed by atoms with E-state index in [1.807, 2.05) is 35.9 Å². The molecule has 142 valence electrons. The van der Waals surface area contributed by atoms with Gasteiger partial charge in [0.1, 0.15) is 18.1 Å². The topological polar surface area (TPSA) is 49.2 Å². The van der Waals surface area contributed by atoms with Crippen molar-refractivity contribution in [3.63, 3.8) is 0 Å². The largest absolute Gasteiger partial charge is 0.497 e. The summed E-state index contributed by atoms with van der Waals surface area (Å²) in [7, 11) is 3.62. The SMILES string of the molecule is COc1ccc(OCc2nnc(SCc3cccc4ccccc34)n2C)cc1. The second-order valence-corrected chi connectivity index (χ2v) is 7.29. The van der Waals surface area contributed by atoms with Crippen molar-refractivity contribution >= 4 is 22.5 Å². The number of methoxy groups -OCH3 is 1. The molecule has 0 atom stereocenters. The van der Waals surface area contributed by atoms with Crippen LogP contribution in [0.15, 0.2) is 71.9 Å². The maximum Gasteiger partial charge on any atom is 0.191 e. The molecule has 0 aliphatic carbocycles. The first kappa shape index (κ1) is 18.4. The summed E-state index contributed by atoms with van der Waals surface area (Å²) >= 11 is 1.68. The van der Waals surface area contributed by atoms with E-state index >= 15 is 0 Å². The number of hydrogen-bond acceptors (Lipinski definition) is 5. The molecule has 6 heteroatoms. The summed E-state index contributed by atoms with van der Waals surface area (Å²) in [5.41, 5.74) is 1.29. The number of hydrogen-bond donors (Lipinski definition) is 0. The van der Waals surface area contributed by atoms with Crippen molar-refractivity contribution in [3.8, 4) is 11.5 Å². The van der Waals surface area contributed by atoms with Gasteiger partial charge < -0.3 is 14.0 Å². The number of benzene rings is 3. The molecule has 0 saturated carbocycles. The predicted molar refractivity (Wildman–Crippen MR) is 112 cm³/mol. The molecule has 0 saturated heterocycles. The summed E-state index contributed by atoms with van der Waals surface area (Å²) in [6, 6.07) is 22.4. The lowest BCUT2D eigenvalue weighted by Gasteiger charge is -2.08. The molecule has 0 fully saturated rings. The quantitative estimate of drug-likeness (QED) is 0.422. The Labute approximate surface area is 168 Å². The van der Waals surface area contributed by atoms with Gasteiger partial charge in [-0.1, -0.05) is 54.2 Å². The van der Waals surface area contributed by atoms with Crippen molar-refractivity contribution in [2.24, 2.45) is 7.05 Å². The minimum absolute atomic E-state index is 0.366. The lowest BCUT2D eigenvalue weighted by molar-refractivity contribution is 0.290. The number of fused-ring (bicyclic) bond motifs is 1. The summed E-state index contributed by atoms with van der Waals surface area (Å²) in [6.07, 6.45) is 0. The van der Waals surface area contributed by atoms with Crippen LogP contribution in [0, 0.1) is 0 Å². The molecule has 3 aromatic carbocycles. The molecule has 5 nitrogen and oxygen atoms in total. The maximum absolute atomic E-state index is 5.82. The molecular formula is C22H21N3O2S. The Balaban J connectivity index is 1.41. The summed E-state index contributed by atoms with van der Waals surface area (Å²) in [6.45, 7) is 0.366. The van der Waals surface area contributed by atoms with E-state index < -0.39 is 0 Å². The van der Waals surface area contributed by atoms with E-state index in [1.165, 1.54) is 16.3 Å². The molecule has 0 aliphatic rings. The van der Waals surface area contributed by atoms with Crippen molar-refractivity contribution in [2.45, 2.75) is 17.5 Å². The van der Waals surface area contributed by atoms with Gasteiger partial charge in [0, 0.05) is 12.8 Å². The van der Waals surface area contributed by atoms with Gasteiger partial charge in [0.25, 0.3) is 0 Å².